The Kier molecular flexibility index (Phi) is 4.83. The van der Waals surface area contributed by atoms with Crippen molar-refractivity contribution in [2.24, 2.45) is 0 Å². The van der Waals surface area contributed by atoms with Crippen LogP contribution in [0.15, 0.2) is 89.8 Å². The number of amides is 1. The summed E-state index contributed by atoms with van der Waals surface area (Å²) < 4.78 is 35.0. The third kappa shape index (κ3) is 3.36. The van der Waals surface area contributed by atoms with Crippen molar-refractivity contribution < 1.29 is 17.9 Å². The van der Waals surface area contributed by atoms with Crippen LogP contribution in [0.3, 0.4) is 0 Å². The average Bonchev–Trinajstić information content (AvgIpc) is 2.92. The van der Waals surface area contributed by atoms with Crippen molar-refractivity contribution in [2.75, 3.05) is 16.2 Å². The minimum Gasteiger partial charge on any atom is -0.454 e. The molecule has 0 aromatic heterocycles. The lowest BCUT2D eigenvalue weighted by molar-refractivity contribution is 0.0988. The Balaban J connectivity index is 1.55. The lowest BCUT2D eigenvalue weighted by Crippen LogP contribution is -2.29. The number of nitrogens with one attached hydrogen (secondary N) is 1. The highest BCUT2D eigenvalue weighted by atomic mass is 32.2. The monoisotopic (exact) mass is 444 g/mol. The first-order valence-corrected chi connectivity index (χ1v) is 11.7. The lowest BCUT2D eigenvalue weighted by Gasteiger charge is -2.20. The molecule has 1 N–H and O–H groups in total. The molecule has 0 saturated heterocycles. The minimum atomic E-state index is -3.88. The van der Waals surface area contributed by atoms with Crippen molar-refractivity contribution >= 4 is 38.1 Å². The van der Waals surface area contributed by atoms with E-state index in [4.69, 9.17) is 4.74 Å². The molecule has 32 heavy (non-hydrogen) atoms. The van der Waals surface area contributed by atoms with E-state index >= 15 is 0 Å². The van der Waals surface area contributed by atoms with Gasteiger partial charge >= 0.3 is 0 Å². The highest BCUT2D eigenvalue weighted by Crippen LogP contribution is 2.39. The topological polar surface area (TPSA) is 75.7 Å². The quantitative estimate of drug-likeness (QED) is 0.456. The number of hydrogen-bond donors (Lipinski definition) is 1. The first-order chi connectivity index (χ1) is 15.5. The molecule has 0 saturated carbocycles. The molecule has 0 atom stereocenters. The van der Waals surface area contributed by atoms with Crippen LogP contribution in [-0.4, -0.2) is 20.9 Å². The number of benzene rings is 4. The number of para-hydroxylation sites is 2. The number of ether oxygens (including phenoxy) is 1. The molecule has 4 aromatic carbocycles. The summed E-state index contributed by atoms with van der Waals surface area (Å²) in [4.78, 5) is 15.1. The summed E-state index contributed by atoms with van der Waals surface area (Å²) in [5.74, 6) is 0.704. The standard InChI is InChI=1S/C25H20N2O4S/c1-2-27-21-11-5-6-12-23(21)31-22-15-14-18(16-20(22)25(27)28)26-32(29,30)24-13-7-9-17-8-3-4-10-19(17)24/h3-16,26H,2H2,1H3. The third-order valence-electron chi connectivity index (χ3n) is 5.44. The fourth-order valence-electron chi connectivity index (χ4n) is 3.94. The second-order valence-corrected chi connectivity index (χ2v) is 9.06. The maximum Gasteiger partial charge on any atom is 0.262 e. The molecule has 1 amide bonds. The van der Waals surface area contributed by atoms with Gasteiger partial charge in [0.05, 0.1) is 16.1 Å². The molecule has 5 rings (SSSR count). The lowest BCUT2D eigenvalue weighted by atomic mass is 10.1. The van der Waals surface area contributed by atoms with E-state index in [0.717, 1.165) is 5.39 Å². The predicted molar refractivity (Wildman–Crippen MR) is 125 cm³/mol. The van der Waals surface area contributed by atoms with Crippen LogP contribution in [0.5, 0.6) is 11.5 Å². The fraction of sp³-hybridized carbons (Fsp3) is 0.0800. The number of rotatable bonds is 4. The summed E-state index contributed by atoms with van der Waals surface area (Å²) in [6.07, 6.45) is 0. The number of fused-ring (bicyclic) bond motifs is 3. The summed E-state index contributed by atoms with van der Waals surface area (Å²) >= 11 is 0. The molecular weight excluding hydrogens is 424 g/mol. The number of nitrogens with zero attached hydrogens (tertiary/aromatic N) is 1. The summed E-state index contributed by atoms with van der Waals surface area (Å²) in [5, 5.41) is 1.46. The van der Waals surface area contributed by atoms with Crippen LogP contribution in [0, 0.1) is 0 Å². The SMILES string of the molecule is CCN1C(=O)c2cc(NS(=O)(=O)c3cccc4ccccc34)ccc2Oc2ccccc21. The third-order valence-corrected chi connectivity index (χ3v) is 6.88. The van der Waals surface area contributed by atoms with Gasteiger partial charge in [-0.3, -0.25) is 9.52 Å². The van der Waals surface area contributed by atoms with Crippen molar-refractivity contribution in [2.45, 2.75) is 11.8 Å². The van der Waals surface area contributed by atoms with E-state index < -0.39 is 10.0 Å². The maximum absolute atomic E-state index is 13.3. The van der Waals surface area contributed by atoms with Gasteiger partial charge in [0.1, 0.15) is 5.75 Å². The van der Waals surface area contributed by atoms with Crippen molar-refractivity contribution in [3.8, 4) is 11.5 Å². The highest BCUT2D eigenvalue weighted by Gasteiger charge is 2.28. The minimum absolute atomic E-state index is 0.177. The Labute approximate surface area is 186 Å². The normalized spacial score (nSPS) is 13.2. The van der Waals surface area contributed by atoms with E-state index in [1.807, 2.05) is 43.3 Å². The molecule has 0 aliphatic carbocycles. The van der Waals surface area contributed by atoms with Crippen LogP contribution in [0.1, 0.15) is 17.3 Å². The van der Waals surface area contributed by atoms with Gasteiger partial charge in [0, 0.05) is 17.6 Å². The van der Waals surface area contributed by atoms with Crippen LogP contribution in [0.25, 0.3) is 10.8 Å². The van der Waals surface area contributed by atoms with E-state index in [9.17, 15) is 13.2 Å². The van der Waals surface area contributed by atoms with E-state index in [-0.39, 0.29) is 16.5 Å². The predicted octanol–water partition coefficient (Wildman–Crippen LogP) is 5.41. The molecule has 1 aliphatic rings. The largest absolute Gasteiger partial charge is 0.454 e. The zero-order chi connectivity index (χ0) is 22.3. The smallest absolute Gasteiger partial charge is 0.262 e. The molecule has 1 heterocycles. The Morgan fingerprint density at radius 3 is 2.47 bits per heavy atom. The number of carbonyl (C=O) groups excluding carboxylic acids is 1. The van der Waals surface area contributed by atoms with Crippen molar-refractivity contribution in [1.82, 2.24) is 0 Å². The Morgan fingerprint density at radius 1 is 0.875 bits per heavy atom. The van der Waals surface area contributed by atoms with E-state index in [1.54, 1.807) is 47.4 Å². The van der Waals surface area contributed by atoms with Gasteiger partial charge in [0.25, 0.3) is 15.9 Å². The van der Waals surface area contributed by atoms with Crippen LogP contribution in [0.4, 0.5) is 11.4 Å². The molecule has 0 unspecified atom stereocenters. The molecule has 160 valence electrons. The number of carbonyl (C=O) groups is 1. The summed E-state index contributed by atoms with van der Waals surface area (Å²) in [6.45, 7) is 2.33. The van der Waals surface area contributed by atoms with Gasteiger partial charge in [-0.05, 0) is 48.7 Å². The molecular formula is C25H20N2O4S. The molecule has 4 aromatic rings. The van der Waals surface area contributed by atoms with E-state index in [1.165, 1.54) is 6.07 Å². The van der Waals surface area contributed by atoms with Gasteiger partial charge in [0.2, 0.25) is 0 Å². The van der Waals surface area contributed by atoms with Gasteiger partial charge in [-0.25, -0.2) is 8.42 Å². The van der Waals surface area contributed by atoms with Gasteiger partial charge in [-0.1, -0.05) is 48.5 Å². The van der Waals surface area contributed by atoms with Crippen LogP contribution >= 0.6 is 0 Å². The van der Waals surface area contributed by atoms with Crippen LogP contribution < -0.4 is 14.4 Å². The molecule has 0 bridgehead atoms. The molecule has 0 fully saturated rings. The summed E-state index contributed by atoms with van der Waals surface area (Å²) in [6, 6.07) is 24.5. The van der Waals surface area contributed by atoms with E-state index in [0.29, 0.717) is 34.7 Å². The fourth-order valence-corrected chi connectivity index (χ4v) is 5.22. The van der Waals surface area contributed by atoms with Gasteiger partial charge < -0.3 is 9.64 Å². The van der Waals surface area contributed by atoms with Crippen molar-refractivity contribution in [3.05, 3.63) is 90.5 Å². The van der Waals surface area contributed by atoms with Crippen LogP contribution in [0.2, 0.25) is 0 Å². The van der Waals surface area contributed by atoms with Gasteiger partial charge in [-0.2, -0.15) is 0 Å². The zero-order valence-electron chi connectivity index (χ0n) is 17.3. The Hall–Kier alpha value is -3.84. The number of sulfonamides is 1. The maximum atomic E-state index is 13.3. The summed E-state index contributed by atoms with van der Waals surface area (Å²) in [7, 11) is -3.88. The van der Waals surface area contributed by atoms with Crippen molar-refractivity contribution in [1.29, 1.82) is 0 Å². The van der Waals surface area contributed by atoms with Crippen molar-refractivity contribution in [3.63, 3.8) is 0 Å². The second kappa shape index (κ2) is 7.69. The molecule has 6 nitrogen and oxygen atoms in total. The first kappa shape index (κ1) is 20.1. The first-order valence-electron chi connectivity index (χ1n) is 10.2. The summed E-state index contributed by atoms with van der Waals surface area (Å²) in [5.41, 5.74) is 1.26. The molecule has 0 radical (unpaired) electrons. The van der Waals surface area contributed by atoms with Crippen LogP contribution in [-0.2, 0) is 10.0 Å². The zero-order valence-corrected chi connectivity index (χ0v) is 18.1. The average molecular weight is 445 g/mol. The van der Waals surface area contributed by atoms with Gasteiger partial charge in [-0.15, -0.1) is 0 Å². The van der Waals surface area contributed by atoms with Gasteiger partial charge in [0.15, 0.2) is 5.75 Å². The molecule has 7 heteroatoms. The Bertz CT molecular complexity index is 1460. The number of anilines is 2. The Morgan fingerprint density at radius 2 is 1.62 bits per heavy atom. The molecule has 0 spiro atoms. The molecule has 1 aliphatic heterocycles. The second-order valence-electron chi connectivity index (χ2n) is 7.41. The number of hydrogen-bond acceptors (Lipinski definition) is 4. The van der Waals surface area contributed by atoms with E-state index in [2.05, 4.69) is 4.72 Å². The highest BCUT2D eigenvalue weighted by molar-refractivity contribution is 7.93.